The van der Waals surface area contributed by atoms with Crippen LogP contribution >= 0.6 is 0 Å². The summed E-state index contributed by atoms with van der Waals surface area (Å²) in [7, 11) is 2.00. The highest BCUT2D eigenvalue weighted by Gasteiger charge is 1.73. The molecule has 0 saturated heterocycles. The van der Waals surface area contributed by atoms with Crippen molar-refractivity contribution in [3.63, 3.8) is 0 Å². The normalized spacial score (nSPS) is 16.0. The van der Waals surface area contributed by atoms with Gasteiger partial charge in [-0.2, -0.15) is 0 Å². The SMILES string of the molecule is [B]1C=CC=CC=C1. The van der Waals surface area contributed by atoms with Crippen molar-refractivity contribution in [2.24, 2.45) is 0 Å². The second kappa shape index (κ2) is 2.46. The largest absolute Gasteiger partial charge is 0.171 e. The van der Waals surface area contributed by atoms with Crippen LogP contribution in [0.15, 0.2) is 36.3 Å². The molecule has 0 saturated carbocycles. The molecule has 33 valence electrons. The average Bonchev–Trinajstić information content (AvgIpc) is 1.90. The molecule has 1 aliphatic rings. The fraction of sp³-hybridized carbons (Fsp3) is 0. The first-order chi connectivity index (χ1) is 3.50. The minimum atomic E-state index is 2.00. The number of rotatable bonds is 0. The first-order valence-corrected chi connectivity index (χ1v) is 2.33. The van der Waals surface area contributed by atoms with Crippen LogP contribution in [0.4, 0.5) is 0 Å². The van der Waals surface area contributed by atoms with Crippen LogP contribution in [-0.4, -0.2) is 7.28 Å². The number of hydrogen-bond acceptors (Lipinski definition) is 0. The average molecular weight is 88.9 g/mol. The molecule has 0 bridgehead atoms. The molecule has 0 spiro atoms. The zero-order chi connectivity index (χ0) is 4.95. The van der Waals surface area contributed by atoms with Crippen LogP contribution in [0.5, 0.6) is 0 Å². The maximum absolute atomic E-state index is 2.00. The Labute approximate surface area is 44.5 Å². The molecule has 7 heavy (non-hydrogen) atoms. The summed E-state index contributed by atoms with van der Waals surface area (Å²) < 4.78 is 0. The molecule has 0 aromatic heterocycles. The van der Waals surface area contributed by atoms with E-state index in [9.17, 15) is 0 Å². The van der Waals surface area contributed by atoms with Crippen LogP contribution < -0.4 is 0 Å². The molecule has 0 aromatic carbocycles. The number of allylic oxidation sites excluding steroid dienone is 4. The quantitative estimate of drug-likeness (QED) is 0.392. The lowest BCUT2D eigenvalue weighted by Crippen LogP contribution is -1.70. The maximum Gasteiger partial charge on any atom is 0.171 e. The van der Waals surface area contributed by atoms with Gasteiger partial charge in [-0.3, -0.25) is 0 Å². The molecule has 0 N–H and O–H groups in total. The smallest absolute Gasteiger partial charge is 0.117 e. The van der Waals surface area contributed by atoms with Crippen molar-refractivity contribution in [3.8, 4) is 0 Å². The van der Waals surface area contributed by atoms with Crippen LogP contribution in [0.25, 0.3) is 0 Å². The van der Waals surface area contributed by atoms with E-state index < -0.39 is 0 Å². The summed E-state index contributed by atoms with van der Waals surface area (Å²) in [4.78, 5) is 0. The molecule has 1 rings (SSSR count). The van der Waals surface area contributed by atoms with Crippen LogP contribution in [-0.2, 0) is 0 Å². The van der Waals surface area contributed by atoms with Gasteiger partial charge in [-0.1, -0.05) is 24.3 Å². The Hall–Kier alpha value is -0.715. The van der Waals surface area contributed by atoms with Crippen molar-refractivity contribution in [2.45, 2.75) is 0 Å². The minimum absolute atomic E-state index is 2.00. The highest BCUT2D eigenvalue weighted by molar-refractivity contribution is 6.48. The van der Waals surface area contributed by atoms with Crippen LogP contribution in [0.3, 0.4) is 0 Å². The standard InChI is InChI=1S/C6H6B/c1-2-4-6-7-5-3-1/h1-6H. The van der Waals surface area contributed by atoms with E-state index in [4.69, 9.17) is 0 Å². The van der Waals surface area contributed by atoms with E-state index in [0.717, 1.165) is 0 Å². The Morgan fingerprint density at radius 3 is 1.86 bits per heavy atom. The van der Waals surface area contributed by atoms with E-state index in [2.05, 4.69) is 0 Å². The van der Waals surface area contributed by atoms with Crippen molar-refractivity contribution in [1.29, 1.82) is 0 Å². The van der Waals surface area contributed by atoms with Gasteiger partial charge in [-0.15, -0.1) is 12.0 Å². The van der Waals surface area contributed by atoms with Gasteiger partial charge in [-0.05, 0) is 0 Å². The van der Waals surface area contributed by atoms with Gasteiger partial charge in [0.2, 0.25) is 0 Å². The molecule has 1 radical (unpaired) electrons. The van der Waals surface area contributed by atoms with Gasteiger partial charge in [0.15, 0.2) is 7.28 Å². The van der Waals surface area contributed by atoms with E-state index in [1.807, 2.05) is 43.5 Å². The molecule has 1 heteroatoms. The summed E-state index contributed by atoms with van der Waals surface area (Å²) in [6.07, 6.45) is 8.00. The second-order valence-corrected chi connectivity index (χ2v) is 1.35. The monoisotopic (exact) mass is 89.1 g/mol. The molecular formula is C6H6B. The molecule has 0 unspecified atom stereocenters. The Balaban J connectivity index is 2.60. The lowest BCUT2D eigenvalue weighted by molar-refractivity contribution is 1.98. The molecule has 0 aromatic rings. The fourth-order valence-corrected chi connectivity index (χ4v) is 0.449. The summed E-state index contributed by atoms with van der Waals surface area (Å²) in [5, 5.41) is 0. The van der Waals surface area contributed by atoms with E-state index in [1.165, 1.54) is 0 Å². The Morgan fingerprint density at radius 1 is 0.714 bits per heavy atom. The molecule has 0 amide bonds. The zero-order valence-electron chi connectivity index (χ0n) is 4.04. The van der Waals surface area contributed by atoms with Gasteiger partial charge < -0.3 is 0 Å². The lowest BCUT2D eigenvalue weighted by atomic mass is 9.79. The number of hydrogen-bond donors (Lipinski definition) is 0. The van der Waals surface area contributed by atoms with Crippen LogP contribution in [0.1, 0.15) is 0 Å². The van der Waals surface area contributed by atoms with Crippen LogP contribution in [0.2, 0.25) is 0 Å². The molecule has 0 aliphatic carbocycles. The summed E-state index contributed by atoms with van der Waals surface area (Å²) in [5.41, 5.74) is 0. The zero-order valence-corrected chi connectivity index (χ0v) is 4.04. The maximum atomic E-state index is 2.00. The summed E-state index contributed by atoms with van der Waals surface area (Å²) in [5.74, 6) is 4.00. The predicted molar refractivity (Wildman–Crippen MR) is 33.2 cm³/mol. The Bertz CT molecular complexity index is 106. The van der Waals surface area contributed by atoms with Gasteiger partial charge in [0.25, 0.3) is 0 Å². The molecule has 1 aliphatic heterocycles. The highest BCUT2D eigenvalue weighted by atomic mass is 13.6. The summed E-state index contributed by atoms with van der Waals surface area (Å²) >= 11 is 0. The molecule has 0 atom stereocenters. The molecule has 1 heterocycles. The summed E-state index contributed by atoms with van der Waals surface area (Å²) in [6.45, 7) is 0. The van der Waals surface area contributed by atoms with Crippen LogP contribution in [0, 0.1) is 0 Å². The first-order valence-electron chi connectivity index (χ1n) is 2.33. The molecule has 0 nitrogen and oxygen atoms in total. The van der Waals surface area contributed by atoms with E-state index in [1.54, 1.807) is 0 Å². The van der Waals surface area contributed by atoms with E-state index in [0.29, 0.717) is 0 Å². The fourth-order valence-electron chi connectivity index (χ4n) is 0.449. The third-order valence-corrected chi connectivity index (χ3v) is 0.778. The Morgan fingerprint density at radius 2 is 1.29 bits per heavy atom. The molecule has 0 fully saturated rings. The minimum Gasteiger partial charge on any atom is -0.117 e. The van der Waals surface area contributed by atoms with Gasteiger partial charge in [0, 0.05) is 0 Å². The van der Waals surface area contributed by atoms with Gasteiger partial charge in [0.1, 0.15) is 0 Å². The van der Waals surface area contributed by atoms with E-state index in [-0.39, 0.29) is 0 Å². The topological polar surface area (TPSA) is 0 Å². The van der Waals surface area contributed by atoms with Gasteiger partial charge >= 0.3 is 0 Å². The van der Waals surface area contributed by atoms with Crippen molar-refractivity contribution in [2.75, 3.05) is 0 Å². The van der Waals surface area contributed by atoms with Gasteiger partial charge in [0.05, 0.1) is 0 Å². The first kappa shape index (κ1) is 4.44. The predicted octanol–water partition coefficient (Wildman–Crippen LogP) is 1.29. The second-order valence-electron chi connectivity index (χ2n) is 1.35. The van der Waals surface area contributed by atoms with Gasteiger partial charge in [-0.25, -0.2) is 0 Å². The third kappa shape index (κ3) is 1.44. The van der Waals surface area contributed by atoms with Crippen molar-refractivity contribution >= 4 is 7.28 Å². The molecular weight excluding hydrogens is 82.9 g/mol. The van der Waals surface area contributed by atoms with Crippen molar-refractivity contribution < 1.29 is 0 Å². The van der Waals surface area contributed by atoms with E-state index >= 15 is 0 Å². The third-order valence-electron chi connectivity index (χ3n) is 0.778. The van der Waals surface area contributed by atoms with Crippen molar-refractivity contribution in [1.82, 2.24) is 0 Å². The Kier molecular flexibility index (Phi) is 1.56. The summed E-state index contributed by atoms with van der Waals surface area (Å²) in [6, 6.07) is 0. The highest BCUT2D eigenvalue weighted by Crippen LogP contribution is 1.84. The van der Waals surface area contributed by atoms with Crippen molar-refractivity contribution in [3.05, 3.63) is 36.3 Å². The lowest BCUT2D eigenvalue weighted by Gasteiger charge is -1.65.